The molecule has 0 spiro atoms. The molecule has 2 aliphatic rings. The van der Waals surface area contributed by atoms with Crippen molar-refractivity contribution < 1.29 is 0 Å². The zero-order valence-electron chi connectivity index (χ0n) is 76.7. The van der Waals surface area contributed by atoms with Crippen molar-refractivity contribution in [2.75, 3.05) is 4.90 Å². The lowest BCUT2D eigenvalue weighted by atomic mass is 9.70. The second-order valence-electron chi connectivity index (χ2n) is 33.2. The molecule has 0 N–H and O–H groups in total. The van der Waals surface area contributed by atoms with Crippen LogP contribution in [-0.2, 0) is 10.8 Å². The van der Waals surface area contributed by atoms with Crippen molar-refractivity contribution >= 4 is 423 Å². The third kappa shape index (κ3) is 34.5. The summed E-state index contributed by atoms with van der Waals surface area (Å²) in [6, 6.07) is 71.0. The fourth-order valence-corrected chi connectivity index (χ4v) is 684. The lowest BCUT2D eigenvalue weighted by Crippen LogP contribution is -2.25. The van der Waals surface area contributed by atoms with Crippen molar-refractivity contribution in [2.24, 2.45) is 0 Å². The Bertz CT molecular complexity index is 4660. The molecule has 0 saturated carbocycles. The number of anilines is 3. The van der Waals surface area contributed by atoms with E-state index in [1.807, 2.05) is 0 Å². The van der Waals surface area contributed by atoms with Gasteiger partial charge >= 0.3 is 0 Å². The van der Waals surface area contributed by atoms with Crippen LogP contribution in [0.2, 0.25) is 0 Å². The van der Waals surface area contributed by atoms with Gasteiger partial charge in [-0.2, -0.15) is 0 Å². The first kappa shape index (κ1) is 128. The fraction of sp³-hybridized carbons (Fsp3) is 0.415. The molecule has 11 rings (SSSR count). The number of benzene rings is 8. The third-order valence-electron chi connectivity index (χ3n) is 24.1. The van der Waals surface area contributed by atoms with Gasteiger partial charge in [0.1, 0.15) is 0 Å². The summed E-state index contributed by atoms with van der Waals surface area (Å²) in [6.07, 6.45) is 36.7. The summed E-state index contributed by atoms with van der Waals surface area (Å²) >= 11 is 0. The van der Waals surface area contributed by atoms with E-state index in [0.717, 1.165) is 0 Å². The average molecular weight is 2650 g/mol. The van der Waals surface area contributed by atoms with Gasteiger partial charge in [0.15, 0.2) is 0 Å². The van der Waals surface area contributed by atoms with Crippen molar-refractivity contribution in [3.8, 4) is 39.1 Å². The van der Waals surface area contributed by atoms with E-state index in [1.54, 1.807) is 22.3 Å². The first-order chi connectivity index (χ1) is 63.3. The third-order valence-corrected chi connectivity index (χ3v) is 355. The van der Waals surface area contributed by atoms with Crippen molar-refractivity contribution in [3.63, 3.8) is 0 Å². The molecule has 132 heavy (non-hydrogen) atoms. The van der Waals surface area contributed by atoms with E-state index in [1.165, 1.54) is 258 Å². The summed E-state index contributed by atoms with van der Waals surface area (Å²) in [5, 5.41) is 2.56. The molecule has 0 aliphatic heterocycles. The van der Waals surface area contributed by atoms with Gasteiger partial charge in [-0.1, -0.05) is 297 Å². The zero-order chi connectivity index (χ0) is 95.8. The highest BCUT2D eigenvalue weighted by Crippen LogP contribution is 3.45. The second-order valence-corrected chi connectivity index (χ2v) is 230. The Balaban J connectivity index is 0.000000323. The molecule has 0 amide bonds. The molecule has 2 nitrogen and oxygen atoms in total. The number of nitrogens with zero attached hydrogens (tertiary/aromatic N) is 2. The summed E-state index contributed by atoms with van der Waals surface area (Å²) in [7, 11) is 86.5. The lowest BCUT2D eigenvalue weighted by molar-refractivity contribution is 0.398. The summed E-state index contributed by atoms with van der Waals surface area (Å²) in [5.41, 5.74) is 21.9. The van der Waals surface area contributed by atoms with Gasteiger partial charge in [-0.3, -0.25) is 0 Å². The van der Waals surface area contributed by atoms with Crippen LogP contribution in [0.1, 0.15) is 230 Å². The molecule has 50 heteroatoms. The quantitative estimate of drug-likeness (QED) is 0.0272. The molecule has 0 radical (unpaired) electrons. The van der Waals surface area contributed by atoms with Crippen molar-refractivity contribution in [3.05, 3.63) is 204 Å². The maximum atomic E-state index is 3.59. The van der Waals surface area contributed by atoms with Crippen LogP contribution in [0.25, 0.3) is 60.9 Å². The SMILES string of the molecule is CCCCCCCCC1(CCCCCCCC)c2ccccc2-c2cc(N(c3ccc(-c4ccc5c(c4)c4ccccc4n5-c4ccccc4)cc3)c3ccc4c(c3)-c3ccccc3C4(CCCCCCCC)CCCCCCCC)ccc21.PP(P)P(P)P(P(P)P)P(P(P(P)P)P(P)P)P(P(P(P(P)P)P(P)P)P(P(P)P)P(P)P)P(P(P(P)P)P(P)P)P(P(P)P)P(P)P. The highest BCUT2D eigenvalue weighted by atomic mass is 33.6. The summed E-state index contributed by atoms with van der Waals surface area (Å²) < 4.78 is 2.42. The van der Waals surface area contributed by atoms with Gasteiger partial charge in [0.05, 0.1) is 11.0 Å². The number of para-hydroxylation sites is 2. The van der Waals surface area contributed by atoms with E-state index in [4.69, 9.17) is 0 Å². The van der Waals surface area contributed by atoms with Gasteiger partial charge in [0, 0.05) is 44.4 Å². The Morgan fingerprint density at radius 3 is 0.871 bits per heavy atom. The number of aromatic nitrogens is 1. The molecule has 28 unspecified atom stereocenters. The minimum Gasteiger partial charge on any atom is -0.310 e. The monoisotopic (exact) mass is 2650 g/mol. The number of unbranched alkanes of at least 4 members (excludes halogenated alkanes) is 20. The Labute approximate surface area is 884 Å². The minimum atomic E-state index is -0.190. The molecule has 1 heterocycles. The smallest absolute Gasteiger partial charge is 0.0541 e. The van der Waals surface area contributed by atoms with E-state index in [9.17, 15) is 0 Å². The summed E-state index contributed by atoms with van der Waals surface area (Å²) in [5.74, 6) is 0. The highest BCUT2D eigenvalue weighted by Gasteiger charge is 2.59. The van der Waals surface area contributed by atoms with Gasteiger partial charge in [-0.15, -0.1) is 223 Å². The molecule has 28 atom stereocenters. The predicted molar refractivity (Wildman–Crippen MR) is 767 cm³/mol. The largest absolute Gasteiger partial charge is 0.310 e. The van der Waals surface area contributed by atoms with E-state index in [-0.39, 0.29) is 172 Å². The lowest BCUT2D eigenvalue weighted by Gasteiger charge is -2.58. The van der Waals surface area contributed by atoms with Crippen molar-refractivity contribution in [1.82, 2.24) is 4.57 Å². The maximum Gasteiger partial charge on any atom is 0.0541 e. The molecular formula is C82H148N2P48. The van der Waals surface area contributed by atoms with Gasteiger partial charge in [-0.05, 0) is 309 Å². The van der Waals surface area contributed by atoms with Crippen LogP contribution in [0.15, 0.2) is 182 Å². The number of hydrogen-bond donors (Lipinski definition) is 0. The van der Waals surface area contributed by atoms with Crippen molar-refractivity contribution in [1.29, 1.82) is 0 Å². The number of rotatable bonds is 55. The van der Waals surface area contributed by atoms with Gasteiger partial charge in [0.2, 0.25) is 0 Å². The van der Waals surface area contributed by atoms with E-state index in [2.05, 4.69) is 442 Å². The maximum absolute atomic E-state index is 3.59. The molecule has 8 aromatic carbocycles. The van der Waals surface area contributed by atoms with Crippen LogP contribution in [0.3, 0.4) is 0 Å². The van der Waals surface area contributed by atoms with Gasteiger partial charge < -0.3 is 9.47 Å². The predicted octanol–water partition coefficient (Wildman–Crippen LogP) is 53.4. The van der Waals surface area contributed by atoms with Crippen LogP contribution in [0.5, 0.6) is 0 Å². The molecule has 0 fully saturated rings. The molecule has 2 aliphatic carbocycles. The highest BCUT2D eigenvalue weighted by molar-refractivity contribution is 9.51. The molecule has 0 bridgehead atoms. The van der Waals surface area contributed by atoms with Crippen LogP contribution in [-0.4, -0.2) is 4.57 Å². The topological polar surface area (TPSA) is 8.17 Å². The Kier molecular flexibility index (Phi) is 64.1. The molecule has 9 aromatic rings. The van der Waals surface area contributed by atoms with Crippen LogP contribution in [0.4, 0.5) is 17.1 Å². The van der Waals surface area contributed by atoms with Gasteiger partial charge in [0.25, 0.3) is 0 Å². The Hall–Kier alpha value is 14.0. The Morgan fingerprint density at radius 2 is 0.515 bits per heavy atom. The molecule has 1 aromatic heterocycles. The number of hydrogen-bond acceptors (Lipinski definition) is 1. The fourth-order valence-electron chi connectivity index (χ4n) is 18.3. The first-order valence-corrected chi connectivity index (χ1v) is 132. The zero-order valence-corrected chi connectivity index (χ0v) is 126. The van der Waals surface area contributed by atoms with Gasteiger partial charge in [-0.25, -0.2) is 0 Å². The molecule has 0 saturated heterocycles. The van der Waals surface area contributed by atoms with E-state index in [0.29, 0.717) is 0 Å². The minimum absolute atomic E-state index is 0.0353. The van der Waals surface area contributed by atoms with Crippen LogP contribution < -0.4 is 4.90 Å². The normalized spacial score (nSPS) is 14.5. The molecule has 726 valence electrons. The summed E-state index contributed by atoms with van der Waals surface area (Å²) in [6.45, 7) is 5.84. The van der Waals surface area contributed by atoms with Crippen LogP contribution in [0, 0.1) is 0 Å². The van der Waals surface area contributed by atoms with E-state index < -0.39 is 0 Å². The second kappa shape index (κ2) is 66.3. The Morgan fingerprint density at radius 1 is 0.227 bits per heavy atom. The molecular weight excluding hydrogens is 2500 g/mol. The van der Waals surface area contributed by atoms with Crippen LogP contribution >= 0.6 is 384 Å². The first-order valence-electron chi connectivity index (χ1n) is 44.9. The summed E-state index contributed by atoms with van der Waals surface area (Å²) in [4.78, 5) is 2.61. The van der Waals surface area contributed by atoms with Crippen molar-refractivity contribution in [2.45, 2.75) is 218 Å². The number of fused-ring (bicyclic) bond motifs is 9. The van der Waals surface area contributed by atoms with E-state index >= 15 is 0 Å². The standard InChI is InChI=1S/C82H98N2.H50P48/c1-5-9-13-17-21-34-56-81(57-35-22-18-14-10-6-2)75-43-31-28-40-69(75)72-61-67(51-53-77(72)81)83(66-49-46-63(47-50-66)64-48-55-80-74(60-64)71-42-30-33-45-79(71)84(80)65-38-26-25-27-39-65)68-52-54-78-73(62-68)70-41-29-32-44-76(70)82(78,58-36-23-19-15-11-7-3)59-37-24-20-16-12-8-4;1-26(2)38(25)44(37(23)24)47(43(35(19)20)36(21)22)48(45(39(27(3)4)28(5)6)40(29(7)8)30(9)10)46(41(31(11)12)32(13)14)42(33(15)16)34(17)18/h25-33,38-55,60-62H,5-24,34-37,56-59H2,1-4H3;1-25H2. The average Bonchev–Trinajstić information content (AvgIpc) is 1.63.